The summed E-state index contributed by atoms with van der Waals surface area (Å²) >= 11 is 0. The van der Waals surface area contributed by atoms with E-state index in [0.29, 0.717) is 0 Å². The van der Waals surface area contributed by atoms with Gasteiger partial charge in [0.05, 0.1) is 0 Å². The summed E-state index contributed by atoms with van der Waals surface area (Å²) in [6.07, 6.45) is 11.2. The summed E-state index contributed by atoms with van der Waals surface area (Å²) < 4.78 is 0. The third-order valence-corrected chi connectivity index (χ3v) is 4.70. The highest BCUT2D eigenvalue weighted by molar-refractivity contribution is 4.90. The van der Waals surface area contributed by atoms with Gasteiger partial charge in [0.25, 0.3) is 0 Å². The molecule has 17 heavy (non-hydrogen) atoms. The predicted molar refractivity (Wildman–Crippen MR) is 74.4 cm³/mol. The smallest absolute Gasteiger partial charge is 0.0114 e. The van der Waals surface area contributed by atoms with Crippen molar-refractivity contribution in [2.45, 2.75) is 83.3 Å². The Morgan fingerprint density at radius 3 is 2.76 bits per heavy atom. The number of likely N-dealkylation sites (tertiary alicyclic amines) is 1. The first-order valence-corrected chi connectivity index (χ1v) is 7.84. The summed E-state index contributed by atoms with van der Waals surface area (Å²) in [5.41, 5.74) is 0. The second-order valence-corrected chi connectivity index (χ2v) is 5.91. The monoisotopic (exact) mass is 238 g/mol. The first-order valence-electron chi connectivity index (χ1n) is 7.84. The Hall–Kier alpha value is -0.0800. The molecule has 2 nitrogen and oxygen atoms in total. The zero-order chi connectivity index (χ0) is 12.1. The largest absolute Gasteiger partial charge is 0.314 e. The van der Waals surface area contributed by atoms with Gasteiger partial charge < -0.3 is 5.32 Å². The second-order valence-electron chi connectivity index (χ2n) is 5.91. The lowest BCUT2D eigenvalue weighted by molar-refractivity contribution is 0.0930. The van der Waals surface area contributed by atoms with Crippen LogP contribution in [0.5, 0.6) is 0 Å². The quantitative estimate of drug-likeness (QED) is 0.791. The molecular formula is C15H30N2. The Kier molecular flexibility index (Phi) is 5.30. The van der Waals surface area contributed by atoms with Gasteiger partial charge in [-0.15, -0.1) is 0 Å². The Morgan fingerprint density at radius 1 is 1.12 bits per heavy atom. The summed E-state index contributed by atoms with van der Waals surface area (Å²) in [7, 11) is 0. The molecule has 1 aliphatic heterocycles. The lowest BCUT2D eigenvalue weighted by atomic mass is 9.97. The van der Waals surface area contributed by atoms with E-state index < -0.39 is 0 Å². The van der Waals surface area contributed by atoms with Crippen LogP contribution in [0.4, 0.5) is 0 Å². The molecule has 0 aromatic heterocycles. The minimum absolute atomic E-state index is 0.805. The number of nitrogens with zero attached hydrogens (tertiary/aromatic N) is 1. The van der Waals surface area contributed by atoms with Gasteiger partial charge in [-0.2, -0.15) is 0 Å². The van der Waals surface area contributed by atoms with Crippen LogP contribution < -0.4 is 5.32 Å². The van der Waals surface area contributed by atoms with E-state index in [9.17, 15) is 0 Å². The van der Waals surface area contributed by atoms with E-state index in [1.54, 1.807) is 0 Å². The molecule has 2 rings (SSSR count). The summed E-state index contributed by atoms with van der Waals surface area (Å²) in [5.74, 6) is 0. The van der Waals surface area contributed by atoms with Gasteiger partial charge in [-0.3, -0.25) is 4.90 Å². The molecule has 0 bridgehead atoms. The highest BCUT2D eigenvalue weighted by Gasteiger charge is 2.33. The van der Waals surface area contributed by atoms with E-state index in [2.05, 4.69) is 24.1 Å². The van der Waals surface area contributed by atoms with Crippen LogP contribution in [-0.4, -0.2) is 36.1 Å². The molecule has 1 saturated heterocycles. The molecule has 1 N–H and O–H groups in total. The standard InChI is InChI=1S/C15H30N2/c1-3-10-16-13-8-9-15(12-13)17-11-6-5-7-14(17)4-2/h13-16H,3-12H2,1-2H3. The van der Waals surface area contributed by atoms with E-state index in [-0.39, 0.29) is 0 Å². The van der Waals surface area contributed by atoms with Crippen LogP contribution in [0.2, 0.25) is 0 Å². The van der Waals surface area contributed by atoms with E-state index in [1.165, 1.54) is 64.5 Å². The molecule has 0 aromatic carbocycles. The predicted octanol–water partition coefficient (Wildman–Crippen LogP) is 3.17. The molecule has 0 spiro atoms. The van der Waals surface area contributed by atoms with E-state index in [0.717, 1.165) is 18.1 Å². The van der Waals surface area contributed by atoms with Crippen LogP contribution in [-0.2, 0) is 0 Å². The third-order valence-electron chi connectivity index (χ3n) is 4.70. The van der Waals surface area contributed by atoms with E-state index >= 15 is 0 Å². The molecule has 2 heteroatoms. The first kappa shape index (κ1) is 13.4. The van der Waals surface area contributed by atoms with E-state index in [1.807, 2.05) is 0 Å². The van der Waals surface area contributed by atoms with Crippen LogP contribution in [0, 0.1) is 0 Å². The zero-order valence-corrected chi connectivity index (χ0v) is 11.8. The number of rotatable bonds is 5. The van der Waals surface area contributed by atoms with Gasteiger partial charge in [0.1, 0.15) is 0 Å². The SMILES string of the molecule is CCCNC1CCC(N2CCCCC2CC)C1. The lowest BCUT2D eigenvalue weighted by Crippen LogP contribution is -2.45. The molecular weight excluding hydrogens is 208 g/mol. The minimum Gasteiger partial charge on any atom is -0.314 e. The van der Waals surface area contributed by atoms with Crippen molar-refractivity contribution in [1.82, 2.24) is 10.2 Å². The Balaban J connectivity index is 1.81. The van der Waals surface area contributed by atoms with Gasteiger partial charge in [-0.25, -0.2) is 0 Å². The fourth-order valence-electron chi connectivity index (χ4n) is 3.73. The van der Waals surface area contributed by atoms with Crippen molar-refractivity contribution in [2.75, 3.05) is 13.1 Å². The number of hydrogen-bond donors (Lipinski definition) is 1. The van der Waals surface area contributed by atoms with E-state index in [4.69, 9.17) is 0 Å². The first-order chi connectivity index (χ1) is 8.35. The number of nitrogens with one attached hydrogen (secondary N) is 1. The summed E-state index contributed by atoms with van der Waals surface area (Å²) in [4.78, 5) is 2.84. The number of piperidine rings is 1. The molecule has 1 aliphatic carbocycles. The highest BCUT2D eigenvalue weighted by atomic mass is 15.2. The van der Waals surface area contributed by atoms with Crippen molar-refractivity contribution in [3.63, 3.8) is 0 Å². The van der Waals surface area contributed by atoms with Gasteiger partial charge >= 0.3 is 0 Å². The van der Waals surface area contributed by atoms with Crippen molar-refractivity contribution in [2.24, 2.45) is 0 Å². The molecule has 1 heterocycles. The van der Waals surface area contributed by atoms with Crippen molar-refractivity contribution in [3.8, 4) is 0 Å². The average Bonchev–Trinajstić information content (AvgIpc) is 2.85. The zero-order valence-electron chi connectivity index (χ0n) is 11.8. The fraction of sp³-hybridized carbons (Fsp3) is 1.00. The topological polar surface area (TPSA) is 15.3 Å². The molecule has 100 valence electrons. The Labute approximate surface area is 107 Å². The molecule has 0 amide bonds. The maximum atomic E-state index is 3.71. The van der Waals surface area contributed by atoms with Crippen molar-refractivity contribution in [3.05, 3.63) is 0 Å². The van der Waals surface area contributed by atoms with Crippen LogP contribution in [0.1, 0.15) is 65.2 Å². The van der Waals surface area contributed by atoms with Gasteiger partial charge in [0, 0.05) is 18.1 Å². The summed E-state index contributed by atoms with van der Waals surface area (Å²) in [6.45, 7) is 7.19. The van der Waals surface area contributed by atoms with Crippen LogP contribution in [0.15, 0.2) is 0 Å². The van der Waals surface area contributed by atoms with Crippen molar-refractivity contribution in [1.29, 1.82) is 0 Å². The van der Waals surface area contributed by atoms with Gasteiger partial charge in [-0.05, 0) is 58.0 Å². The number of hydrogen-bond acceptors (Lipinski definition) is 2. The maximum Gasteiger partial charge on any atom is 0.0114 e. The Bertz CT molecular complexity index is 217. The molecule has 1 saturated carbocycles. The Morgan fingerprint density at radius 2 is 2.00 bits per heavy atom. The summed E-state index contributed by atoms with van der Waals surface area (Å²) in [5, 5.41) is 3.71. The molecule has 3 atom stereocenters. The minimum atomic E-state index is 0.805. The van der Waals surface area contributed by atoms with Gasteiger partial charge in [-0.1, -0.05) is 20.3 Å². The van der Waals surface area contributed by atoms with Crippen molar-refractivity contribution >= 4 is 0 Å². The van der Waals surface area contributed by atoms with Crippen LogP contribution >= 0.6 is 0 Å². The van der Waals surface area contributed by atoms with Crippen LogP contribution in [0.25, 0.3) is 0 Å². The maximum absolute atomic E-state index is 3.71. The van der Waals surface area contributed by atoms with Gasteiger partial charge in [0.15, 0.2) is 0 Å². The van der Waals surface area contributed by atoms with Crippen molar-refractivity contribution < 1.29 is 0 Å². The molecule has 0 radical (unpaired) electrons. The summed E-state index contributed by atoms with van der Waals surface area (Å²) in [6, 6.07) is 2.58. The normalized spacial score (nSPS) is 35.3. The highest BCUT2D eigenvalue weighted by Crippen LogP contribution is 2.30. The molecule has 2 aliphatic rings. The lowest BCUT2D eigenvalue weighted by Gasteiger charge is -2.39. The molecule has 3 unspecified atom stereocenters. The fourth-order valence-corrected chi connectivity index (χ4v) is 3.73. The van der Waals surface area contributed by atoms with Crippen LogP contribution in [0.3, 0.4) is 0 Å². The second kappa shape index (κ2) is 6.75. The van der Waals surface area contributed by atoms with Gasteiger partial charge in [0.2, 0.25) is 0 Å². The molecule has 0 aromatic rings. The third kappa shape index (κ3) is 3.45. The average molecular weight is 238 g/mol. The molecule has 2 fully saturated rings.